The Labute approximate surface area is 160 Å². The van der Waals surface area contributed by atoms with E-state index >= 15 is 0 Å². The van der Waals surface area contributed by atoms with Gasteiger partial charge in [-0.3, -0.25) is 9.69 Å². The molecular weight excluding hydrogens is 374 g/mol. The Hall–Kier alpha value is -1.15. The van der Waals surface area contributed by atoms with Crippen LogP contribution in [0.2, 0.25) is 5.02 Å². The van der Waals surface area contributed by atoms with Crippen LogP contribution in [-0.4, -0.2) is 55.8 Å². The summed E-state index contributed by atoms with van der Waals surface area (Å²) in [6.45, 7) is 4.76. The van der Waals surface area contributed by atoms with Crippen LogP contribution in [0.4, 0.5) is 5.69 Å². The van der Waals surface area contributed by atoms with Gasteiger partial charge in [0.15, 0.2) is 0 Å². The third-order valence-corrected chi connectivity index (χ3v) is 7.44. The molecule has 0 unspecified atom stereocenters. The number of piperidine rings is 1. The van der Waals surface area contributed by atoms with Crippen molar-refractivity contribution >= 4 is 33.2 Å². The molecule has 1 aromatic rings. The molecule has 144 valence electrons. The van der Waals surface area contributed by atoms with Gasteiger partial charge in [-0.25, -0.2) is 8.42 Å². The van der Waals surface area contributed by atoms with Crippen molar-refractivity contribution in [3.8, 4) is 0 Å². The summed E-state index contributed by atoms with van der Waals surface area (Å²) in [6, 6.07) is 4.25. The molecule has 0 saturated carbocycles. The molecule has 1 N–H and O–H groups in total. The number of hydrogen-bond donors (Lipinski definition) is 1. The topological polar surface area (TPSA) is 69.7 Å². The Bertz CT molecular complexity index is 757. The predicted octanol–water partition coefficient (Wildman–Crippen LogP) is 2.94. The van der Waals surface area contributed by atoms with Crippen LogP contribution in [0.15, 0.2) is 23.1 Å². The molecule has 0 bridgehead atoms. The van der Waals surface area contributed by atoms with Gasteiger partial charge in [0.05, 0.1) is 21.6 Å². The number of nitrogens with one attached hydrogen (secondary N) is 1. The van der Waals surface area contributed by atoms with Gasteiger partial charge in [-0.2, -0.15) is 4.31 Å². The fourth-order valence-corrected chi connectivity index (χ4v) is 5.26. The average Bonchev–Trinajstić information content (AvgIpc) is 3.18. The molecule has 2 aliphatic rings. The SMILES string of the molecule is C[C@@H](C(=O)Nc1cc(S(=O)(=O)N2CCCCC2)ccc1Cl)N1CCCC1. The second kappa shape index (κ2) is 8.25. The molecule has 8 heteroatoms. The quantitative estimate of drug-likeness (QED) is 0.826. The Morgan fingerprint density at radius 3 is 2.35 bits per heavy atom. The highest BCUT2D eigenvalue weighted by Crippen LogP contribution is 2.28. The third kappa shape index (κ3) is 4.22. The highest BCUT2D eigenvalue weighted by molar-refractivity contribution is 7.89. The van der Waals surface area contributed by atoms with Crippen molar-refractivity contribution in [3.05, 3.63) is 23.2 Å². The molecule has 1 aromatic carbocycles. The number of anilines is 1. The van der Waals surface area contributed by atoms with Gasteiger partial charge < -0.3 is 5.32 Å². The number of nitrogens with zero attached hydrogens (tertiary/aromatic N) is 2. The first kappa shape index (κ1) is 19.6. The summed E-state index contributed by atoms with van der Waals surface area (Å²) in [6.07, 6.45) is 5.01. The number of amides is 1. The Morgan fingerprint density at radius 1 is 1.08 bits per heavy atom. The molecular formula is C18H26ClN3O3S. The van der Waals surface area contributed by atoms with Gasteiger partial charge in [-0.15, -0.1) is 0 Å². The van der Waals surface area contributed by atoms with Crippen molar-refractivity contribution in [1.82, 2.24) is 9.21 Å². The highest BCUT2D eigenvalue weighted by atomic mass is 35.5. The van der Waals surface area contributed by atoms with Gasteiger partial charge in [-0.1, -0.05) is 18.0 Å². The molecule has 3 rings (SSSR count). The van der Waals surface area contributed by atoms with Crippen molar-refractivity contribution in [2.24, 2.45) is 0 Å². The molecule has 0 aliphatic carbocycles. The number of sulfonamides is 1. The first-order valence-electron chi connectivity index (χ1n) is 9.24. The number of rotatable bonds is 5. The van der Waals surface area contributed by atoms with E-state index in [0.29, 0.717) is 23.8 Å². The summed E-state index contributed by atoms with van der Waals surface area (Å²) < 4.78 is 27.2. The molecule has 26 heavy (non-hydrogen) atoms. The number of likely N-dealkylation sites (tertiary alicyclic amines) is 1. The molecule has 2 fully saturated rings. The Balaban J connectivity index is 1.77. The van der Waals surface area contributed by atoms with Crippen LogP contribution in [0.1, 0.15) is 39.0 Å². The van der Waals surface area contributed by atoms with Gasteiger partial charge in [-0.05, 0) is 63.9 Å². The zero-order valence-electron chi connectivity index (χ0n) is 15.1. The Morgan fingerprint density at radius 2 is 1.69 bits per heavy atom. The molecule has 6 nitrogen and oxygen atoms in total. The second-order valence-electron chi connectivity index (χ2n) is 7.01. The van der Waals surface area contributed by atoms with Gasteiger partial charge in [0.1, 0.15) is 0 Å². The van der Waals surface area contributed by atoms with Crippen LogP contribution in [0, 0.1) is 0 Å². The van der Waals surface area contributed by atoms with Crippen LogP contribution >= 0.6 is 11.6 Å². The van der Waals surface area contributed by atoms with E-state index < -0.39 is 10.0 Å². The third-order valence-electron chi connectivity index (χ3n) is 5.22. The smallest absolute Gasteiger partial charge is 0.243 e. The predicted molar refractivity (Wildman–Crippen MR) is 103 cm³/mol. The Kier molecular flexibility index (Phi) is 6.22. The normalized spacial score (nSPS) is 20.8. The second-order valence-corrected chi connectivity index (χ2v) is 9.36. The van der Waals surface area contributed by atoms with Crippen LogP contribution in [0.3, 0.4) is 0 Å². The zero-order valence-corrected chi connectivity index (χ0v) is 16.7. The molecule has 2 aliphatic heterocycles. The molecule has 1 amide bonds. The molecule has 0 spiro atoms. The van der Waals surface area contributed by atoms with Gasteiger partial charge >= 0.3 is 0 Å². The number of hydrogen-bond acceptors (Lipinski definition) is 4. The lowest BCUT2D eigenvalue weighted by Crippen LogP contribution is -2.40. The summed E-state index contributed by atoms with van der Waals surface area (Å²) in [4.78, 5) is 14.8. The van der Waals surface area contributed by atoms with E-state index in [1.807, 2.05) is 6.92 Å². The number of halogens is 1. The fourth-order valence-electron chi connectivity index (χ4n) is 3.55. The summed E-state index contributed by atoms with van der Waals surface area (Å²) in [5.74, 6) is -0.165. The van der Waals surface area contributed by atoms with E-state index in [4.69, 9.17) is 11.6 Å². The first-order valence-corrected chi connectivity index (χ1v) is 11.1. The maximum atomic E-state index is 12.8. The highest BCUT2D eigenvalue weighted by Gasteiger charge is 2.28. The number of carbonyl (C=O) groups is 1. The summed E-state index contributed by atoms with van der Waals surface area (Å²) in [7, 11) is -3.56. The van der Waals surface area contributed by atoms with Crippen LogP contribution in [0.5, 0.6) is 0 Å². The minimum atomic E-state index is -3.56. The molecule has 0 radical (unpaired) electrons. The average molecular weight is 400 g/mol. The fraction of sp³-hybridized carbons (Fsp3) is 0.611. The van der Waals surface area contributed by atoms with Gasteiger partial charge in [0, 0.05) is 13.1 Å². The lowest BCUT2D eigenvalue weighted by Gasteiger charge is -2.26. The maximum Gasteiger partial charge on any atom is 0.243 e. The minimum absolute atomic E-state index is 0.165. The first-order chi connectivity index (χ1) is 12.4. The van der Waals surface area contributed by atoms with E-state index in [2.05, 4.69) is 10.2 Å². The van der Waals surface area contributed by atoms with Gasteiger partial charge in [0.25, 0.3) is 0 Å². The van der Waals surface area contributed by atoms with Crippen LogP contribution in [-0.2, 0) is 14.8 Å². The lowest BCUT2D eigenvalue weighted by atomic mass is 10.2. The maximum absolute atomic E-state index is 12.8. The van der Waals surface area contributed by atoms with E-state index in [1.54, 1.807) is 0 Å². The minimum Gasteiger partial charge on any atom is -0.323 e. The molecule has 2 saturated heterocycles. The monoisotopic (exact) mass is 399 g/mol. The van der Waals surface area contributed by atoms with Crippen LogP contribution < -0.4 is 5.32 Å². The van der Waals surface area contributed by atoms with Crippen LogP contribution in [0.25, 0.3) is 0 Å². The van der Waals surface area contributed by atoms with Crippen molar-refractivity contribution in [1.29, 1.82) is 0 Å². The largest absolute Gasteiger partial charge is 0.323 e. The van der Waals surface area contributed by atoms with E-state index in [0.717, 1.165) is 45.2 Å². The standard InChI is InChI=1S/C18H26ClN3O3S/c1-14(21-9-5-6-10-21)18(23)20-17-13-15(7-8-16(17)19)26(24,25)22-11-3-2-4-12-22/h7-8,13-14H,2-6,9-12H2,1H3,(H,20,23)/t14-/m0/s1. The van der Waals surface area contributed by atoms with Gasteiger partial charge in [0.2, 0.25) is 15.9 Å². The van der Waals surface area contributed by atoms with E-state index in [-0.39, 0.29) is 16.8 Å². The number of benzene rings is 1. The summed E-state index contributed by atoms with van der Waals surface area (Å²) in [5, 5.41) is 3.14. The molecule has 1 atom stereocenters. The van der Waals surface area contributed by atoms with E-state index in [9.17, 15) is 13.2 Å². The van der Waals surface area contributed by atoms with E-state index in [1.165, 1.54) is 22.5 Å². The summed E-state index contributed by atoms with van der Waals surface area (Å²) in [5.41, 5.74) is 0.348. The van der Waals surface area contributed by atoms with Crippen molar-refractivity contribution in [2.45, 2.75) is 50.0 Å². The molecule has 2 heterocycles. The van der Waals surface area contributed by atoms with Crippen molar-refractivity contribution < 1.29 is 13.2 Å². The zero-order chi connectivity index (χ0) is 18.7. The van der Waals surface area contributed by atoms with Crippen molar-refractivity contribution in [3.63, 3.8) is 0 Å². The summed E-state index contributed by atoms with van der Waals surface area (Å²) >= 11 is 6.20. The number of carbonyl (C=O) groups excluding carboxylic acids is 1. The lowest BCUT2D eigenvalue weighted by molar-refractivity contribution is -0.120. The van der Waals surface area contributed by atoms with Crippen molar-refractivity contribution in [2.75, 3.05) is 31.5 Å². The molecule has 0 aromatic heterocycles.